The Morgan fingerprint density at radius 2 is 2.00 bits per heavy atom. The number of rotatable bonds is 5. The molecule has 2 aromatic rings. The van der Waals surface area contributed by atoms with Crippen molar-refractivity contribution in [3.8, 4) is 5.69 Å². The molecule has 1 aromatic heterocycles. The summed E-state index contributed by atoms with van der Waals surface area (Å²) in [5, 5.41) is 17.3. The summed E-state index contributed by atoms with van der Waals surface area (Å²) in [4.78, 5) is 0. The second kappa shape index (κ2) is 7.03. The number of nitrogens with one attached hydrogen (secondary N) is 1. The summed E-state index contributed by atoms with van der Waals surface area (Å²) in [7, 11) is 0. The van der Waals surface area contributed by atoms with Gasteiger partial charge in [0, 0.05) is 31.0 Å². The highest BCUT2D eigenvalue weighted by Gasteiger charge is 2.23. The van der Waals surface area contributed by atoms with E-state index in [0.29, 0.717) is 12.0 Å². The Hall–Kier alpha value is -1.72. The van der Waals surface area contributed by atoms with Crippen molar-refractivity contribution in [1.29, 1.82) is 0 Å². The molecule has 0 saturated heterocycles. The summed E-state index contributed by atoms with van der Waals surface area (Å²) in [5.41, 5.74) is 1.94. The van der Waals surface area contributed by atoms with Crippen LogP contribution in [0.25, 0.3) is 5.69 Å². The molecule has 0 aliphatic heterocycles. The van der Waals surface area contributed by atoms with Crippen LogP contribution in [0.1, 0.15) is 31.2 Å². The van der Waals surface area contributed by atoms with Crippen LogP contribution in [0.4, 0.5) is 4.39 Å². The molecule has 2 N–H and O–H groups in total. The number of benzene rings is 1. The van der Waals surface area contributed by atoms with E-state index in [1.807, 2.05) is 12.4 Å². The van der Waals surface area contributed by atoms with Gasteiger partial charge in [0.2, 0.25) is 0 Å². The minimum atomic E-state index is -0.245. The van der Waals surface area contributed by atoms with Crippen LogP contribution in [-0.4, -0.2) is 27.5 Å². The first-order valence-electron chi connectivity index (χ1n) is 7.90. The number of nitrogens with zero attached hydrogens (tertiary/aromatic N) is 2. The molecule has 3 rings (SSSR count). The van der Waals surface area contributed by atoms with E-state index in [9.17, 15) is 9.50 Å². The maximum atomic E-state index is 12.9. The Morgan fingerprint density at radius 1 is 1.23 bits per heavy atom. The molecule has 1 heterocycles. The standard InChI is InChI=1S/C17H22FN3O/c18-15-5-7-16(8-6-15)21-11-13(10-20-21)9-19-17-4-2-1-3-14(17)12-22/h5-8,10-11,14,17,19,22H,1-4,9,12H2. The summed E-state index contributed by atoms with van der Waals surface area (Å²) in [6, 6.07) is 6.67. The van der Waals surface area contributed by atoms with Gasteiger partial charge < -0.3 is 10.4 Å². The van der Waals surface area contributed by atoms with Gasteiger partial charge in [-0.3, -0.25) is 0 Å². The zero-order valence-electron chi connectivity index (χ0n) is 12.6. The molecule has 1 aromatic carbocycles. The molecule has 1 aliphatic carbocycles. The summed E-state index contributed by atoms with van der Waals surface area (Å²) in [6.07, 6.45) is 8.44. The lowest BCUT2D eigenvalue weighted by Gasteiger charge is -2.30. The van der Waals surface area contributed by atoms with Crippen molar-refractivity contribution in [2.75, 3.05) is 6.61 Å². The Labute approximate surface area is 130 Å². The topological polar surface area (TPSA) is 50.1 Å². The van der Waals surface area contributed by atoms with Crippen molar-refractivity contribution in [2.24, 2.45) is 5.92 Å². The van der Waals surface area contributed by atoms with Gasteiger partial charge in [-0.15, -0.1) is 0 Å². The van der Waals surface area contributed by atoms with E-state index < -0.39 is 0 Å². The van der Waals surface area contributed by atoms with Crippen LogP contribution in [0.5, 0.6) is 0 Å². The van der Waals surface area contributed by atoms with Gasteiger partial charge in [-0.25, -0.2) is 9.07 Å². The third-order valence-electron chi connectivity index (χ3n) is 4.44. The number of aliphatic hydroxyl groups excluding tert-OH is 1. The normalized spacial score (nSPS) is 21.9. The van der Waals surface area contributed by atoms with E-state index in [-0.39, 0.29) is 12.4 Å². The van der Waals surface area contributed by atoms with Gasteiger partial charge in [-0.05, 0) is 43.0 Å². The predicted molar refractivity (Wildman–Crippen MR) is 83.2 cm³/mol. The van der Waals surface area contributed by atoms with Gasteiger partial charge in [0.05, 0.1) is 11.9 Å². The van der Waals surface area contributed by atoms with E-state index >= 15 is 0 Å². The molecule has 22 heavy (non-hydrogen) atoms. The van der Waals surface area contributed by atoms with E-state index in [2.05, 4.69) is 10.4 Å². The lowest BCUT2D eigenvalue weighted by Crippen LogP contribution is -2.39. The Morgan fingerprint density at radius 3 is 2.77 bits per heavy atom. The van der Waals surface area contributed by atoms with Crippen molar-refractivity contribution in [1.82, 2.24) is 15.1 Å². The molecular weight excluding hydrogens is 281 g/mol. The van der Waals surface area contributed by atoms with Gasteiger partial charge >= 0.3 is 0 Å². The second-order valence-electron chi connectivity index (χ2n) is 5.98. The lowest BCUT2D eigenvalue weighted by molar-refractivity contribution is 0.152. The molecule has 1 fully saturated rings. The first-order valence-corrected chi connectivity index (χ1v) is 7.90. The largest absolute Gasteiger partial charge is 0.396 e. The number of hydrogen-bond donors (Lipinski definition) is 2. The predicted octanol–water partition coefficient (Wildman–Crippen LogP) is 2.65. The fourth-order valence-electron chi connectivity index (χ4n) is 3.13. The maximum absolute atomic E-state index is 12.9. The average Bonchev–Trinajstić information content (AvgIpc) is 3.03. The molecule has 0 spiro atoms. The Kier molecular flexibility index (Phi) is 4.85. The molecule has 1 aliphatic rings. The first kappa shape index (κ1) is 15.2. The van der Waals surface area contributed by atoms with Crippen LogP contribution in [0, 0.1) is 11.7 Å². The number of halogens is 1. The van der Waals surface area contributed by atoms with E-state index in [1.165, 1.54) is 25.0 Å². The molecule has 0 amide bonds. The first-order chi connectivity index (χ1) is 10.8. The maximum Gasteiger partial charge on any atom is 0.123 e. The van der Waals surface area contributed by atoms with E-state index in [4.69, 9.17) is 0 Å². The quantitative estimate of drug-likeness (QED) is 0.893. The fraction of sp³-hybridized carbons (Fsp3) is 0.471. The van der Waals surface area contributed by atoms with Crippen LogP contribution in [-0.2, 0) is 6.54 Å². The molecule has 2 unspecified atom stereocenters. The average molecular weight is 303 g/mol. The molecule has 5 heteroatoms. The van der Waals surface area contributed by atoms with Crippen molar-refractivity contribution in [3.05, 3.63) is 48.0 Å². The van der Waals surface area contributed by atoms with E-state index in [0.717, 1.165) is 30.6 Å². The van der Waals surface area contributed by atoms with Crippen LogP contribution in [0.3, 0.4) is 0 Å². The van der Waals surface area contributed by atoms with Crippen molar-refractivity contribution >= 4 is 0 Å². The van der Waals surface area contributed by atoms with Gasteiger partial charge in [0.25, 0.3) is 0 Å². The van der Waals surface area contributed by atoms with Crippen molar-refractivity contribution in [3.63, 3.8) is 0 Å². The molecule has 0 radical (unpaired) electrons. The zero-order valence-corrected chi connectivity index (χ0v) is 12.6. The summed E-state index contributed by atoms with van der Waals surface area (Å²) in [5.74, 6) is 0.117. The molecule has 4 nitrogen and oxygen atoms in total. The number of hydrogen-bond acceptors (Lipinski definition) is 3. The van der Waals surface area contributed by atoms with Crippen molar-refractivity contribution < 1.29 is 9.50 Å². The summed E-state index contributed by atoms with van der Waals surface area (Å²) >= 11 is 0. The highest BCUT2D eigenvalue weighted by Crippen LogP contribution is 2.24. The molecule has 0 bridgehead atoms. The third-order valence-corrected chi connectivity index (χ3v) is 4.44. The lowest BCUT2D eigenvalue weighted by atomic mass is 9.85. The van der Waals surface area contributed by atoms with Crippen molar-refractivity contribution in [2.45, 2.75) is 38.3 Å². The minimum Gasteiger partial charge on any atom is -0.396 e. The molecule has 1 saturated carbocycles. The van der Waals surface area contributed by atoms with Gasteiger partial charge in [0.1, 0.15) is 5.82 Å². The summed E-state index contributed by atoms with van der Waals surface area (Å²) < 4.78 is 14.7. The summed E-state index contributed by atoms with van der Waals surface area (Å²) in [6.45, 7) is 0.995. The Bertz CT molecular complexity index is 596. The smallest absolute Gasteiger partial charge is 0.123 e. The van der Waals surface area contributed by atoms with Crippen LogP contribution in [0.2, 0.25) is 0 Å². The highest BCUT2D eigenvalue weighted by molar-refractivity contribution is 5.31. The van der Waals surface area contributed by atoms with E-state index in [1.54, 1.807) is 16.8 Å². The van der Waals surface area contributed by atoms with Gasteiger partial charge in [-0.2, -0.15) is 5.10 Å². The monoisotopic (exact) mass is 303 g/mol. The third kappa shape index (κ3) is 3.54. The van der Waals surface area contributed by atoms with Crippen LogP contribution in [0.15, 0.2) is 36.7 Å². The number of aliphatic hydroxyl groups is 1. The Balaban J connectivity index is 1.60. The molecular formula is C17H22FN3O. The highest BCUT2D eigenvalue weighted by atomic mass is 19.1. The SMILES string of the molecule is OCC1CCCCC1NCc1cnn(-c2ccc(F)cc2)c1. The molecule has 2 atom stereocenters. The van der Waals surface area contributed by atoms with Gasteiger partial charge in [0.15, 0.2) is 0 Å². The number of aromatic nitrogens is 2. The fourth-order valence-corrected chi connectivity index (χ4v) is 3.13. The minimum absolute atomic E-state index is 0.245. The van der Waals surface area contributed by atoms with Crippen LogP contribution >= 0.6 is 0 Å². The zero-order chi connectivity index (χ0) is 15.4. The molecule has 118 valence electrons. The van der Waals surface area contributed by atoms with Gasteiger partial charge in [-0.1, -0.05) is 12.8 Å². The van der Waals surface area contributed by atoms with Crippen LogP contribution < -0.4 is 5.32 Å². The second-order valence-corrected chi connectivity index (χ2v) is 5.98.